The Morgan fingerprint density at radius 3 is 1.83 bits per heavy atom. The van der Waals surface area contributed by atoms with Gasteiger partial charge in [-0.3, -0.25) is 0 Å². The molecule has 0 aliphatic carbocycles. The van der Waals surface area contributed by atoms with Gasteiger partial charge in [0.1, 0.15) is 0 Å². The zero-order chi connectivity index (χ0) is 16.8. The van der Waals surface area contributed by atoms with Crippen LogP contribution in [0, 0.1) is 0 Å². The Labute approximate surface area is 145 Å². The Morgan fingerprint density at radius 1 is 0.783 bits per heavy atom. The third-order valence-electron chi connectivity index (χ3n) is 4.93. The van der Waals surface area contributed by atoms with Crippen molar-refractivity contribution in [1.29, 1.82) is 0 Å². The van der Waals surface area contributed by atoms with Gasteiger partial charge in [-0.2, -0.15) is 0 Å². The van der Waals surface area contributed by atoms with Crippen molar-refractivity contribution in [3.05, 3.63) is 35.4 Å². The van der Waals surface area contributed by atoms with Gasteiger partial charge in [0.25, 0.3) is 0 Å². The van der Waals surface area contributed by atoms with E-state index in [4.69, 9.17) is 0 Å². The Hall–Kier alpha value is -0.820. The highest BCUT2D eigenvalue weighted by molar-refractivity contribution is 5.25. The molecule has 0 fully saturated rings. The first-order chi connectivity index (χ1) is 11.3. The summed E-state index contributed by atoms with van der Waals surface area (Å²) in [6.07, 6.45) is 14.9. The normalized spacial score (nSPS) is 11.3. The van der Waals surface area contributed by atoms with Crippen LogP contribution in [0.2, 0.25) is 0 Å². The summed E-state index contributed by atoms with van der Waals surface area (Å²) in [6, 6.07) is 9.49. The molecule has 0 saturated carbocycles. The van der Waals surface area contributed by atoms with E-state index in [9.17, 15) is 0 Å². The Kier molecular flexibility index (Phi) is 12.0. The van der Waals surface area contributed by atoms with Crippen LogP contribution in [0.3, 0.4) is 0 Å². The van der Waals surface area contributed by atoms with Crippen molar-refractivity contribution >= 4 is 0 Å². The minimum absolute atomic E-state index is 0.780. The first-order valence-corrected chi connectivity index (χ1v) is 10.0. The summed E-state index contributed by atoms with van der Waals surface area (Å²) < 4.78 is 0. The van der Waals surface area contributed by atoms with E-state index in [1.54, 1.807) is 5.56 Å². The lowest BCUT2D eigenvalue weighted by Gasteiger charge is -2.18. The van der Waals surface area contributed by atoms with Crippen LogP contribution >= 0.6 is 0 Å². The van der Waals surface area contributed by atoms with Crippen LogP contribution in [0.5, 0.6) is 0 Å². The summed E-state index contributed by atoms with van der Waals surface area (Å²) in [5.74, 6) is 0.780. The molecular formula is C22H39N. The molecular weight excluding hydrogens is 278 g/mol. The van der Waals surface area contributed by atoms with Gasteiger partial charge >= 0.3 is 0 Å². The lowest BCUT2D eigenvalue weighted by atomic mass is 9.87. The monoisotopic (exact) mass is 317 g/mol. The molecule has 1 nitrogen and oxygen atoms in total. The third-order valence-corrected chi connectivity index (χ3v) is 4.93. The van der Waals surface area contributed by atoms with Crippen molar-refractivity contribution in [2.24, 2.45) is 0 Å². The molecule has 132 valence electrons. The molecule has 0 radical (unpaired) electrons. The lowest BCUT2D eigenvalue weighted by molar-refractivity contribution is 0.496. The summed E-state index contributed by atoms with van der Waals surface area (Å²) >= 11 is 0. The fourth-order valence-corrected chi connectivity index (χ4v) is 3.34. The molecule has 0 amide bonds. The number of nitrogens with one attached hydrogen (secondary N) is 1. The van der Waals surface area contributed by atoms with Crippen molar-refractivity contribution in [1.82, 2.24) is 5.32 Å². The van der Waals surface area contributed by atoms with Crippen LogP contribution < -0.4 is 5.32 Å². The molecule has 1 rings (SSSR count). The molecule has 1 heteroatoms. The molecule has 1 aromatic carbocycles. The smallest absolute Gasteiger partial charge is 0.00114 e. The van der Waals surface area contributed by atoms with Crippen molar-refractivity contribution in [2.75, 3.05) is 13.6 Å². The average molecular weight is 318 g/mol. The molecule has 23 heavy (non-hydrogen) atoms. The highest BCUT2D eigenvalue weighted by Crippen LogP contribution is 2.29. The predicted molar refractivity (Wildman–Crippen MR) is 104 cm³/mol. The Morgan fingerprint density at radius 2 is 1.35 bits per heavy atom. The fourth-order valence-electron chi connectivity index (χ4n) is 3.34. The van der Waals surface area contributed by atoms with Gasteiger partial charge in [-0.25, -0.2) is 0 Å². The molecule has 0 aliphatic heterocycles. The number of hydrogen-bond donors (Lipinski definition) is 1. The van der Waals surface area contributed by atoms with Gasteiger partial charge in [-0.05, 0) is 49.9 Å². The first kappa shape index (κ1) is 20.2. The van der Waals surface area contributed by atoms with Gasteiger partial charge in [-0.15, -0.1) is 0 Å². The van der Waals surface area contributed by atoms with Crippen LogP contribution in [0.25, 0.3) is 0 Å². The number of unbranched alkanes of at least 4 members (excludes halogenated alkanes) is 6. The van der Waals surface area contributed by atoms with E-state index in [-0.39, 0.29) is 0 Å². The minimum Gasteiger partial charge on any atom is -0.319 e. The second kappa shape index (κ2) is 13.6. The quantitative estimate of drug-likeness (QED) is 0.388. The molecule has 1 aromatic rings. The summed E-state index contributed by atoms with van der Waals surface area (Å²) in [6.45, 7) is 5.66. The van der Waals surface area contributed by atoms with E-state index >= 15 is 0 Å². The third kappa shape index (κ3) is 9.15. The highest BCUT2D eigenvalue weighted by atomic mass is 14.8. The van der Waals surface area contributed by atoms with Crippen molar-refractivity contribution in [3.8, 4) is 0 Å². The molecule has 0 unspecified atom stereocenters. The first-order valence-electron chi connectivity index (χ1n) is 10.0. The molecule has 0 aromatic heterocycles. The summed E-state index contributed by atoms with van der Waals surface area (Å²) in [5, 5.41) is 3.23. The summed E-state index contributed by atoms with van der Waals surface area (Å²) in [4.78, 5) is 0. The Bertz CT molecular complexity index is 356. The minimum atomic E-state index is 0.780. The van der Waals surface area contributed by atoms with Crippen LogP contribution in [0.4, 0.5) is 0 Å². The second-order valence-corrected chi connectivity index (χ2v) is 6.99. The zero-order valence-corrected chi connectivity index (χ0v) is 15.9. The van der Waals surface area contributed by atoms with Gasteiger partial charge in [0.15, 0.2) is 0 Å². The number of benzene rings is 1. The summed E-state index contributed by atoms with van der Waals surface area (Å²) in [5.41, 5.74) is 3.03. The van der Waals surface area contributed by atoms with Crippen LogP contribution in [-0.2, 0) is 6.42 Å². The molecule has 0 aliphatic rings. The fraction of sp³-hybridized carbons (Fsp3) is 0.727. The van der Waals surface area contributed by atoms with E-state index in [2.05, 4.69) is 43.4 Å². The zero-order valence-electron chi connectivity index (χ0n) is 15.9. The maximum absolute atomic E-state index is 3.23. The van der Waals surface area contributed by atoms with E-state index in [0.29, 0.717) is 0 Å². The van der Waals surface area contributed by atoms with Gasteiger partial charge in [0.2, 0.25) is 0 Å². The van der Waals surface area contributed by atoms with Crippen LogP contribution in [0.1, 0.15) is 95.1 Å². The van der Waals surface area contributed by atoms with Gasteiger partial charge in [0, 0.05) is 0 Å². The number of rotatable bonds is 14. The lowest BCUT2D eigenvalue weighted by Crippen LogP contribution is -2.10. The van der Waals surface area contributed by atoms with Crippen LogP contribution in [0.15, 0.2) is 24.3 Å². The Balaban J connectivity index is 2.53. The van der Waals surface area contributed by atoms with E-state index in [1.165, 1.54) is 69.8 Å². The van der Waals surface area contributed by atoms with Gasteiger partial charge < -0.3 is 5.32 Å². The highest BCUT2D eigenvalue weighted by Gasteiger charge is 2.11. The number of likely N-dealkylation sites (N-methyl/N-ethyl adjacent to an activating group) is 1. The van der Waals surface area contributed by atoms with Crippen molar-refractivity contribution in [3.63, 3.8) is 0 Å². The largest absolute Gasteiger partial charge is 0.319 e. The van der Waals surface area contributed by atoms with E-state index in [1.807, 2.05) is 7.05 Å². The van der Waals surface area contributed by atoms with E-state index in [0.717, 1.165) is 18.9 Å². The average Bonchev–Trinajstić information content (AvgIpc) is 2.59. The topological polar surface area (TPSA) is 12.0 Å². The van der Waals surface area contributed by atoms with Crippen molar-refractivity contribution < 1.29 is 0 Å². The maximum Gasteiger partial charge on any atom is -0.00114 e. The predicted octanol–water partition coefficient (Wildman–Crippen LogP) is 6.47. The molecule has 0 spiro atoms. The molecule has 1 N–H and O–H groups in total. The van der Waals surface area contributed by atoms with Gasteiger partial charge in [-0.1, -0.05) is 89.5 Å². The molecule has 0 saturated heterocycles. The standard InChI is InChI=1S/C22H39N/c1-4-6-8-10-12-21(13-11-9-7-5-2)22-16-14-20(15-17-22)18-19-23-3/h14-17,21,23H,4-13,18-19H2,1-3H3. The SMILES string of the molecule is CCCCCCC(CCCCCC)c1ccc(CCNC)cc1. The second-order valence-electron chi connectivity index (χ2n) is 6.99. The van der Waals surface area contributed by atoms with Gasteiger partial charge in [0.05, 0.1) is 0 Å². The van der Waals surface area contributed by atoms with Crippen molar-refractivity contribution in [2.45, 2.75) is 90.4 Å². The summed E-state index contributed by atoms with van der Waals surface area (Å²) in [7, 11) is 2.02. The molecule has 0 heterocycles. The van der Waals surface area contributed by atoms with Crippen LogP contribution in [-0.4, -0.2) is 13.6 Å². The molecule has 0 atom stereocenters. The maximum atomic E-state index is 3.23. The van der Waals surface area contributed by atoms with E-state index < -0.39 is 0 Å². The number of hydrogen-bond acceptors (Lipinski definition) is 1. The molecule has 0 bridgehead atoms.